The zero-order chi connectivity index (χ0) is 12.3. The SMILES string of the molecule is O=C(O)/C=C/c1csc(-c2ccccc2Br)n1. The van der Waals surface area contributed by atoms with Crippen LogP contribution in [-0.2, 0) is 4.79 Å². The van der Waals surface area contributed by atoms with Gasteiger partial charge in [0.1, 0.15) is 5.01 Å². The molecule has 0 atom stereocenters. The highest BCUT2D eigenvalue weighted by Gasteiger charge is 2.06. The molecule has 0 spiro atoms. The van der Waals surface area contributed by atoms with Gasteiger partial charge in [0.05, 0.1) is 5.69 Å². The van der Waals surface area contributed by atoms with Crippen LogP contribution in [0.1, 0.15) is 5.69 Å². The second kappa shape index (κ2) is 5.25. The predicted octanol–water partition coefficient (Wildman–Crippen LogP) is 3.67. The molecule has 0 saturated heterocycles. The van der Waals surface area contributed by atoms with E-state index >= 15 is 0 Å². The molecule has 0 unspecified atom stereocenters. The van der Waals surface area contributed by atoms with Crippen molar-refractivity contribution in [2.24, 2.45) is 0 Å². The monoisotopic (exact) mass is 309 g/mol. The number of halogens is 1. The Hall–Kier alpha value is -1.46. The summed E-state index contributed by atoms with van der Waals surface area (Å²) in [5.74, 6) is -0.972. The number of carboxylic acid groups (broad SMARTS) is 1. The number of rotatable bonds is 3. The highest BCUT2D eigenvalue weighted by molar-refractivity contribution is 9.10. The van der Waals surface area contributed by atoms with Gasteiger partial charge in [-0.2, -0.15) is 0 Å². The Labute approximate surface area is 111 Å². The van der Waals surface area contributed by atoms with Crippen LogP contribution in [-0.4, -0.2) is 16.1 Å². The summed E-state index contributed by atoms with van der Waals surface area (Å²) in [7, 11) is 0. The van der Waals surface area contributed by atoms with Crippen molar-refractivity contribution >= 4 is 39.3 Å². The lowest BCUT2D eigenvalue weighted by molar-refractivity contribution is -0.131. The van der Waals surface area contributed by atoms with E-state index < -0.39 is 5.97 Å². The third-order valence-corrected chi connectivity index (χ3v) is 3.61. The average Bonchev–Trinajstić information content (AvgIpc) is 2.75. The molecule has 1 aromatic heterocycles. The number of aliphatic carboxylic acids is 1. The summed E-state index contributed by atoms with van der Waals surface area (Å²) in [5.41, 5.74) is 1.66. The molecule has 0 bridgehead atoms. The van der Waals surface area contributed by atoms with Gasteiger partial charge in [0.15, 0.2) is 0 Å². The van der Waals surface area contributed by atoms with E-state index in [2.05, 4.69) is 20.9 Å². The van der Waals surface area contributed by atoms with E-state index in [9.17, 15) is 4.79 Å². The molecule has 2 rings (SSSR count). The molecule has 1 N–H and O–H groups in total. The maximum atomic E-state index is 10.4. The third-order valence-electron chi connectivity index (χ3n) is 2.02. The smallest absolute Gasteiger partial charge is 0.328 e. The molecular formula is C12H8BrNO2S. The molecule has 3 nitrogen and oxygen atoms in total. The van der Waals surface area contributed by atoms with Gasteiger partial charge in [-0.05, 0) is 12.1 Å². The quantitative estimate of drug-likeness (QED) is 0.880. The third kappa shape index (κ3) is 3.01. The van der Waals surface area contributed by atoms with Crippen LogP contribution in [0.25, 0.3) is 16.6 Å². The molecule has 17 heavy (non-hydrogen) atoms. The lowest BCUT2D eigenvalue weighted by atomic mass is 10.2. The largest absolute Gasteiger partial charge is 0.478 e. The van der Waals surface area contributed by atoms with E-state index in [0.717, 1.165) is 21.1 Å². The van der Waals surface area contributed by atoms with Crippen LogP contribution < -0.4 is 0 Å². The number of hydrogen-bond acceptors (Lipinski definition) is 3. The van der Waals surface area contributed by atoms with Crippen LogP contribution in [0.4, 0.5) is 0 Å². The molecule has 1 heterocycles. The normalized spacial score (nSPS) is 10.9. The van der Waals surface area contributed by atoms with Crippen LogP contribution in [0.2, 0.25) is 0 Å². The van der Waals surface area contributed by atoms with E-state index in [1.165, 1.54) is 17.4 Å². The topological polar surface area (TPSA) is 50.2 Å². The molecule has 2 aromatic rings. The standard InChI is InChI=1S/C12H8BrNO2S/c13-10-4-2-1-3-9(10)12-14-8(7-17-12)5-6-11(15)16/h1-7H,(H,15,16)/b6-5+. The molecule has 0 amide bonds. The second-order valence-electron chi connectivity index (χ2n) is 3.23. The zero-order valence-electron chi connectivity index (χ0n) is 8.63. The van der Waals surface area contributed by atoms with Gasteiger partial charge in [-0.25, -0.2) is 9.78 Å². The summed E-state index contributed by atoms with van der Waals surface area (Å²) in [6.07, 6.45) is 2.57. The summed E-state index contributed by atoms with van der Waals surface area (Å²) in [4.78, 5) is 14.7. The summed E-state index contributed by atoms with van der Waals surface area (Å²) >= 11 is 4.94. The maximum absolute atomic E-state index is 10.4. The van der Waals surface area contributed by atoms with Gasteiger partial charge < -0.3 is 5.11 Å². The van der Waals surface area contributed by atoms with Crippen LogP contribution >= 0.6 is 27.3 Å². The molecule has 5 heteroatoms. The number of carbonyl (C=O) groups is 1. The van der Waals surface area contributed by atoms with Gasteiger partial charge in [-0.1, -0.05) is 34.1 Å². The highest BCUT2D eigenvalue weighted by Crippen LogP contribution is 2.30. The molecule has 0 aliphatic heterocycles. The van der Waals surface area contributed by atoms with Crippen molar-refractivity contribution < 1.29 is 9.90 Å². The average molecular weight is 310 g/mol. The Balaban J connectivity index is 2.30. The lowest BCUT2D eigenvalue weighted by Gasteiger charge is -1.98. The van der Waals surface area contributed by atoms with E-state index in [0.29, 0.717) is 5.69 Å². The lowest BCUT2D eigenvalue weighted by Crippen LogP contribution is -1.85. The second-order valence-corrected chi connectivity index (χ2v) is 4.94. The molecular weight excluding hydrogens is 302 g/mol. The van der Waals surface area contributed by atoms with E-state index in [-0.39, 0.29) is 0 Å². The fraction of sp³-hybridized carbons (Fsp3) is 0. The zero-order valence-corrected chi connectivity index (χ0v) is 11.0. The van der Waals surface area contributed by atoms with Crippen molar-refractivity contribution in [1.29, 1.82) is 0 Å². The minimum Gasteiger partial charge on any atom is -0.478 e. The van der Waals surface area contributed by atoms with Crippen molar-refractivity contribution in [3.05, 3.63) is 45.9 Å². The van der Waals surface area contributed by atoms with Crippen LogP contribution in [0.15, 0.2) is 40.2 Å². The van der Waals surface area contributed by atoms with E-state index in [1.807, 2.05) is 29.6 Å². The van der Waals surface area contributed by atoms with Crippen LogP contribution in [0, 0.1) is 0 Å². The van der Waals surface area contributed by atoms with Crippen molar-refractivity contribution in [2.75, 3.05) is 0 Å². The summed E-state index contributed by atoms with van der Waals surface area (Å²) in [6.45, 7) is 0. The van der Waals surface area contributed by atoms with E-state index in [1.54, 1.807) is 0 Å². The number of aromatic nitrogens is 1. The highest BCUT2D eigenvalue weighted by atomic mass is 79.9. The summed E-state index contributed by atoms with van der Waals surface area (Å²) in [5, 5.41) is 11.2. The van der Waals surface area contributed by atoms with Crippen molar-refractivity contribution in [3.63, 3.8) is 0 Å². The Bertz CT molecular complexity index is 577. The van der Waals surface area contributed by atoms with Gasteiger partial charge in [-0.15, -0.1) is 11.3 Å². The van der Waals surface area contributed by atoms with Gasteiger partial charge in [-0.3, -0.25) is 0 Å². The first kappa shape index (κ1) is 12.0. The van der Waals surface area contributed by atoms with Crippen LogP contribution in [0.5, 0.6) is 0 Å². The molecule has 0 fully saturated rings. The van der Waals surface area contributed by atoms with Crippen LogP contribution in [0.3, 0.4) is 0 Å². The Morgan fingerprint density at radius 3 is 2.88 bits per heavy atom. The Kier molecular flexibility index (Phi) is 3.71. The molecule has 0 saturated carbocycles. The summed E-state index contributed by atoms with van der Waals surface area (Å²) < 4.78 is 0.975. The number of nitrogens with zero attached hydrogens (tertiary/aromatic N) is 1. The Morgan fingerprint density at radius 2 is 2.18 bits per heavy atom. The number of carboxylic acids is 1. The minimum atomic E-state index is -0.972. The maximum Gasteiger partial charge on any atom is 0.328 e. The predicted molar refractivity (Wildman–Crippen MR) is 71.9 cm³/mol. The van der Waals surface area contributed by atoms with Gasteiger partial charge in [0.2, 0.25) is 0 Å². The van der Waals surface area contributed by atoms with Gasteiger partial charge >= 0.3 is 5.97 Å². The number of hydrogen-bond donors (Lipinski definition) is 1. The van der Waals surface area contributed by atoms with Crippen molar-refractivity contribution in [1.82, 2.24) is 4.98 Å². The first-order valence-electron chi connectivity index (χ1n) is 4.78. The van der Waals surface area contributed by atoms with Gasteiger partial charge in [0.25, 0.3) is 0 Å². The Morgan fingerprint density at radius 1 is 1.41 bits per heavy atom. The molecule has 86 valence electrons. The fourth-order valence-electron chi connectivity index (χ4n) is 1.28. The summed E-state index contributed by atoms with van der Waals surface area (Å²) in [6, 6.07) is 7.79. The first-order valence-corrected chi connectivity index (χ1v) is 6.45. The molecule has 1 aromatic carbocycles. The first-order chi connectivity index (χ1) is 8.16. The molecule has 0 aliphatic rings. The molecule has 0 radical (unpaired) electrons. The number of thiazole rings is 1. The van der Waals surface area contributed by atoms with E-state index in [4.69, 9.17) is 5.11 Å². The molecule has 0 aliphatic carbocycles. The van der Waals surface area contributed by atoms with Crippen molar-refractivity contribution in [3.8, 4) is 10.6 Å². The number of benzene rings is 1. The fourth-order valence-corrected chi connectivity index (χ4v) is 2.71. The minimum absolute atomic E-state index is 0.656. The van der Waals surface area contributed by atoms with Crippen molar-refractivity contribution in [2.45, 2.75) is 0 Å². The van der Waals surface area contributed by atoms with Gasteiger partial charge in [0, 0.05) is 21.5 Å².